The average molecular weight is 198 g/mol. The summed E-state index contributed by atoms with van der Waals surface area (Å²) in [6.07, 6.45) is 0. The van der Waals surface area contributed by atoms with Crippen LogP contribution in [0.3, 0.4) is 0 Å². The molecular formula is C9H12ClN3. The van der Waals surface area contributed by atoms with Crippen LogP contribution < -0.4 is 4.90 Å². The fourth-order valence-corrected chi connectivity index (χ4v) is 1.84. The van der Waals surface area contributed by atoms with Crippen LogP contribution in [0.5, 0.6) is 0 Å². The Morgan fingerprint density at radius 1 is 1.46 bits per heavy atom. The summed E-state index contributed by atoms with van der Waals surface area (Å²) in [7, 11) is 4.06. The van der Waals surface area contributed by atoms with Gasteiger partial charge in [0.05, 0.1) is 5.56 Å². The minimum Gasteiger partial charge on any atom is -0.341 e. The maximum atomic E-state index is 6.01. The van der Waals surface area contributed by atoms with E-state index in [2.05, 4.69) is 27.4 Å². The molecule has 0 aromatic carbocycles. The third-order valence-electron chi connectivity index (χ3n) is 2.45. The third-order valence-corrected chi connectivity index (χ3v) is 2.77. The Labute approximate surface area is 82.6 Å². The third kappa shape index (κ3) is 1.15. The molecule has 3 nitrogen and oxygen atoms in total. The van der Waals surface area contributed by atoms with E-state index in [4.69, 9.17) is 11.6 Å². The first-order chi connectivity index (χ1) is 6.11. The average Bonchev–Trinajstić information content (AvgIpc) is 2.38. The molecule has 0 atom stereocenters. The minimum atomic E-state index is 0.622. The second kappa shape index (κ2) is 2.77. The fraction of sp³-hybridized carbons (Fsp3) is 0.444. The maximum Gasteiger partial charge on any atom is 0.136 e. The quantitative estimate of drug-likeness (QED) is 0.621. The molecule has 0 saturated heterocycles. The van der Waals surface area contributed by atoms with Crippen LogP contribution in [0.1, 0.15) is 11.3 Å². The predicted octanol–water partition coefficient (Wildman–Crippen LogP) is 1.73. The zero-order valence-electron chi connectivity index (χ0n) is 8.00. The summed E-state index contributed by atoms with van der Waals surface area (Å²) in [6, 6.07) is 2.07. The summed E-state index contributed by atoms with van der Waals surface area (Å²) in [5, 5.41) is 0.622. The van der Waals surface area contributed by atoms with Gasteiger partial charge in [-0.25, -0.2) is 0 Å². The van der Waals surface area contributed by atoms with Crippen molar-refractivity contribution in [2.75, 3.05) is 18.6 Å². The monoisotopic (exact) mass is 197 g/mol. The van der Waals surface area contributed by atoms with Crippen LogP contribution >= 0.6 is 11.6 Å². The number of aryl methyl sites for hydroxylation is 1. The number of nitrogens with zero attached hydrogens (tertiary/aromatic N) is 3. The molecule has 0 radical (unpaired) electrons. The van der Waals surface area contributed by atoms with Gasteiger partial charge in [0.2, 0.25) is 0 Å². The van der Waals surface area contributed by atoms with E-state index >= 15 is 0 Å². The zero-order valence-corrected chi connectivity index (χ0v) is 8.76. The molecule has 1 aliphatic heterocycles. The first kappa shape index (κ1) is 8.63. The van der Waals surface area contributed by atoms with E-state index in [1.165, 1.54) is 5.69 Å². The summed E-state index contributed by atoms with van der Waals surface area (Å²) in [5.74, 6) is 1.15. The second-order valence-corrected chi connectivity index (χ2v) is 3.73. The summed E-state index contributed by atoms with van der Waals surface area (Å²) in [5.41, 5.74) is 2.24. The highest BCUT2D eigenvalue weighted by Gasteiger charge is 2.20. The first-order valence-electron chi connectivity index (χ1n) is 4.19. The summed E-state index contributed by atoms with van der Waals surface area (Å²) < 4.78 is 2.13. The summed E-state index contributed by atoms with van der Waals surface area (Å²) in [4.78, 5) is 6.29. The lowest BCUT2D eigenvalue weighted by molar-refractivity contribution is 0.807. The van der Waals surface area contributed by atoms with Crippen LogP contribution in [0.4, 0.5) is 5.82 Å². The standard InChI is InChI=1S/C9H12ClN3/c1-6-4-7-8(10)11-5-12(2)9(7)13(6)3/h4H,5H2,1-3H3. The van der Waals surface area contributed by atoms with E-state index in [1.54, 1.807) is 0 Å². The molecule has 0 aliphatic carbocycles. The number of aliphatic imine (C=N–C) groups is 1. The number of halogens is 1. The molecule has 0 fully saturated rings. The number of rotatable bonds is 0. The molecule has 4 heteroatoms. The summed E-state index contributed by atoms with van der Waals surface area (Å²) in [6.45, 7) is 2.71. The molecule has 2 rings (SSSR count). The highest BCUT2D eigenvalue weighted by molar-refractivity contribution is 6.70. The maximum absolute atomic E-state index is 6.01. The largest absolute Gasteiger partial charge is 0.341 e. The van der Waals surface area contributed by atoms with E-state index in [0.29, 0.717) is 11.8 Å². The number of aromatic nitrogens is 1. The van der Waals surface area contributed by atoms with Gasteiger partial charge in [0.25, 0.3) is 0 Å². The van der Waals surface area contributed by atoms with Crippen LogP contribution in [-0.2, 0) is 7.05 Å². The van der Waals surface area contributed by atoms with Gasteiger partial charge in [-0.2, -0.15) is 0 Å². The molecule has 0 spiro atoms. The topological polar surface area (TPSA) is 20.5 Å². The van der Waals surface area contributed by atoms with Gasteiger partial charge in [-0.05, 0) is 13.0 Å². The number of hydrogen-bond donors (Lipinski definition) is 0. The molecule has 0 amide bonds. The zero-order chi connectivity index (χ0) is 9.59. The molecule has 70 valence electrons. The van der Waals surface area contributed by atoms with Crippen LogP contribution in [-0.4, -0.2) is 23.5 Å². The van der Waals surface area contributed by atoms with Crippen LogP contribution in [0, 0.1) is 6.92 Å². The van der Waals surface area contributed by atoms with Crippen molar-refractivity contribution in [1.29, 1.82) is 0 Å². The lowest BCUT2D eigenvalue weighted by Crippen LogP contribution is -2.25. The Balaban J connectivity index is 2.66. The highest BCUT2D eigenvalue weighted by Crippen LogP contribution is 2.28. The van der Waals surface area contributed by atoms with Gasteiger partial charge in [-0.1, -0.05) is 11.6 Å². The van der Waals surface area contributed by atoms with Gasteiger partial charge in [0.15, 0.2) is 0 Å². The number of hydrogen-bond acceptors (Lipinski definition) is 2. The van der Waals surface area contributed by atoms with Gasteiger partial charge in [-0.3, -0.25) is 4.99 Å². The van der Waals surface area contributed by atoms with Crippen molar-refractivity contribution in [3.8, 4) is 0 Å². The van der Waals surface area contributed by atoms with Crippen LogP contribution in [0.25, 0.3) is 0 Å². The van der Waals surface area contributed by atoms with Crippen molar-refractivity contribution in [1.82, 2.24) is 4.57 Å². The lowest BCUT2D eigenvalue weighted by atomic mass is 10.3. The van der Waals surface area contributed by atoms with Crippen molar-refractivity contribution < 1.29 is 0 Å². The summed E-state index contributed by atoms with van der Waals surface area (Å²) >= 11 is 6.01. The molecule has 1 aliphatic rings. The van der Waals surface area contributed by atoms with Gasteiger partial charge in [-0.15, -0.1) is 0 Å². The van der Waals surface area contributed by atoms with Crippen molar-refractivity contribution >= 4 is 22.6 Å². The van der Waals surface area contributed by atoms with E-state index in [9.17, 15) is 0 Å². The minimum absolute atomic E-state index is 0.622. The highest BCUT2D eigenvalue weighted by atomic mass is 35.5. The van der Waals surface area contributed by atoms with E-state index in [-0.39, 0.29) is 0 Å². The molecule has 0 unspecified atom stereocenters. The Morgan fingerprint density at radius 3 is 2.77 bits per heavy atom. The Morgan fingerprint density at radius 2 is 2.15 bits per heavy atom. The first-order valence-corrected chi connectivity index (χ1v) is 4.57. The Bertz CT molecular complexity index is 378. The molecule has 0 N–H and O–H groups in total. The lowest BCUT2D eigenvalue weighted by Gasteiger charge is -2.23. The molecule has 1 aromatic rings. The molecule has 2 heterocycles. The van der Waals surface area contributed by atoms with Gasteiger partial charge >= 0.3 is 0 Å². The molecule has 1 aromatic heterocycles. The van der Waals surface area contributed by atoms with E-state index in [1.807, 2.05) is 14.1 Å². The van der Waals surface area contributed by atoms with Crippen molar-refractivity contribution in [3.05, 3.63) is 17.3 Å². The smallest absolute Gasteiger partial charge is 0.136 e. The van der Waals surface area contributed by atoms with E-state index < -0.39 is 0 Å². The number of anilines is 1. The van der Waals surface area contributed by atoms with Crippen molar-refractivity contribution in [3.63, 3.8) is 0 Å². The molecule has 13 heavy (non-hydrogen) atoms. The fourth-order valence-electron chi connectivity index (χ4n) is 1.65. The van der Waals surface area contributed by atoms with Crippen molar-refractivity contribution in [2.24, 2.45) is 12.0 Å². The molecule has 0 saturated carbocycles. The van der Waals surface area contributed by atoms with Gasteiger partial charge in [0.1, 0.15) is 17.7 Å². The second-order valence-electron chi connectivity index (χ2n) is 3.37. The van der Waals surface area contributed by atoms with Crippen molar-refractivity contribution in [2.45, 2.75) is 6.92 Å². The molecule has 0 bridgehead atoms. The van der Waals surface area contributed by atoms with Gasteiger partial charge < -0.3 is 9.47 Å². The SMILES string of the molecule is Cc1cc2c(n1C)N(C)CN=C2Cl. The van der Waals surface area contributed by atoms with Crippen LogP contribution in [0.2, 0.25) is 0 Å². The Kier molecular flexibility index (Phi) is 1.84. The predicted molar refractivity (Wildman–Crippen MR) is 55.8 cm³/mol. The van der Waals surface area contributed by atoms with Gasteiger partial charge in [0, 0.05) is 19.8 Å². The Hall–Kier alpha value is -0.960. The van der Waals surface area contributed by atoms with E-state index in [0.717, 1.165) is 11.4 Å². The normalized spacial score (nSPS) is 15.7. The van der Waals surface area contributed by atoms with Crippen LogP contribution in [0.15, 0.2) is 11.1 Å². The molecular weight excluding hydrogens is 186 g/mol. The number of fused-ring (bicyclic) bond motifs is 1.